The number of aliphatic hydroxyl groups excluding tert-OH is 1. The van der Waals surface area contributed by atoms with Gasteiger partial charge in [-0.3, -0.25) is 9.59 Å². The average Bonchev–Trinajstić information content (AvgIpc) is 2.26. The van der Waals surface area contributed by atoms with E-state index in [2.05, 4.69) is 0 Å². The summed E-state index contributed by atoms with van der Waals surface area (Å²) in [4.78, 5) is 24.2. The molecule has 1 atom stereocenters. The molecule has 0 aromatic rings. The number of likely N-dealkylation sites (tertiary alicyclic amines) is 1. The second-order valence-electron chi connectivity index (χ2n) is 3.91. The van der Waals surface area contributed by atoms with Gasteiger partial charge in [0.2, 0.25) is 11.8 Å². The summed E-state index contributed by atoms with van der Waals surface area (Å²) < 4.78 is 0. The lowest BCUT2D eigenvalue weighted by Gasteiger charge is -2.31. The van der Waals surface area contributed by atoms with E-state index < -0.39 is 0 Å². The molecule has 0 bridgehead atoms. The van der Waals surface area contributed by atoms with Gasteiger partial charge in [-0.05, 0) is 19.3 Å². The predicted molar refractivity (Wildman–Crippen MR) is 54.8 cm³/mol. The zero-order chi connectivity index (χ0) is 11.3. The van der Waals surface area contributed by atoms with Crippen molar-refractivity contribution in [1.82, 2.24) is 4.90 Å². The molecule has 0 spiro atoms. The van der Waals surface area contributed by atoms with Crippen LogP contribution in [0.3, 0.4) is 0 Å². The minimum absolute atomic E-state index is 0.00926. The van der Waals surface area contributed by atoms with E-state index in [1.54, 1.807) is 4.90 Å². The van der Waals surface area contributed by atoms with Gasteiger partial charge in [-0.15, -0.1) is 0 Å². The van der Waals surface area contributed by atoms with Gasteiger partial charge in [0.25, 0.3) is 0 Å². The van der Waals surface area contributed by atoms with Crippen molar-refractivity contribution in [1.29, 1.82) is 0 Å². The van der Waals surface area contributed by atoms with Crippen LogP contribution in [-0.2, 0) is 9.59 Å². The number of nitrogens with zero attached hydrogens (tertiary/aromatic N) is 1. The Hall–Kier alpha value is -1.10. The first-order valence-electron chi connectivity index (χ1n) is 5.33. The van der Waals surface area contributed by atoms with Crippen molar-refractivity contribution in [2.75, 3.05) is 19.7 Å². The van der Waals surface area contributed by atoms with Crippen molar-refractivity contribution >= 4 is 11.8 Å². The summed E-state index contributed by atoms with van der Waals surface area (Å²) in [5.74, 6) is -0.513. The lowest BCUT2D eigenvalue weighted by molar-refractivity contribution is -0.135. The molecule has 1 fully saturated rings. The fraction of sp³-hybridized carbons (Fsp3) is 0.800. The molecule has 0 radical (unpaired) electrons. The van der Waals surface area contributed by atoms with Gasteiger partial charge in [0.1, 0.15) is 0 Å². The molecule has 0 saturated carbocycles. The van der Waals surface area contributed by atoms with Crippen LogP contribution >= 0.6 is 0 Å². The Labute approximate surface area is 89.2 Å². The fourth-order valence-corrected chi connectivity index (χ4v) is 1.82. The Bertz CT molecular complexity index is 243. The van der Waals surface area contributed by atoms with Crippen molar-refractivity contribution in [3.63, 3.8) is 0 Å². The molecular weight excluding hydrogens is 196 g/mol. The Morgan fingerprint density at radius 2 is 2.20 bits per heavy atom. The summed E-state index contributed by atoms with van der Waals surface area (Å²) in [5.41, 5.74) is 5.21. The molecule has 1 unspecified atom stereocenters. The van der Waals surface area contributed by atoms with Crippen LogP contribution in [0, 0.1) is 5.92 Å². The normalized spacial score (nSPS) is 21.4. The van der Waals surface area contributed by atoms with Gasteiger partial charge >= 0.3 is 0 Å². The largest absolute Gasteiger partial charge is 0.396 e. The number of nitrogens with two attached hydrogens (primary N) is 1. The molecule has 3 N–H and O–H groups in total. The number of rotatable bonds is 4. The Morgan fingerprint density at radius 3 is 2.80 bits per heavy atom. The number of primary amides is 1. The van der Waals surface area contributed by atoms with Crippen LogP contribution in [0.2, 0.25) is 0 Å². The van der Waals surface area contributed by atoms with Gasteiger partial charge in [-0.25, -0.2) is 0 Å². The quantitative estimate of drug-likeness (QED) is 0.660. The van der Waals surface area contributed by atoms with E-state index in [4.69, 9.17) is 10.8 Å². The van der Waals surface area contributed by atoms with Gasteiger partial charge in [0, 0.05) is 26.1 Å². The highest BCUT2D eigenvalue weighted by Crippen LogP contribution is 2.16. The molecule has 5 nitrogen and oxygen atoms in total. The SMILES string of the molecule is NC(=O)C1CCCN(C(=O)CCCO)C1. The number of amides is 2. The highest BCUT2D eigenvalue weighted by molar-refractivity contribution is 5.80. The molecule has 1 rings (SSSR count). The number of hydrogen-bond acceptors (Lipinski definition) is 3. The highest BCUT2D eigenvalue weighted by atomic mass is 16.3. The third-order valence-corrected chi connectivity index (χ3v) is 2.73. The summed E-state index contributed by atoms with van der Waals surface area (Å²) in [6, 6.07) is 0. The molecule has 86 valence electrons. The van der Waals surface area contributed by atoms with Gasteiger partial charge in [0.05, 0.1) is 5.92 Å². The molecule has 1 heterocycles. The number of carbonyl (C=O) groups is 2. The third-order valence-electron chi connectivity index (χ3n) is 2.73. The summed E-state index contributed by atoms with van der Waals surface area (Å²) in [6.07, 6.45) is 2.44. The van der Waals surface area contributed by atoms with E-state index in [1.807, 2.05) is 0 Å². The summed E-state index contributed by atoms with van der Waals surface area (Å²) in [6.45, 7) is 1.17. The fourth-order valence-electron chi connectivity index (χ4n) is 1.82. The highest BCUT2D eigenvalue weighted by Gasteiger charge is 2.26. The van der Waals surface area contributed by atoms with Crippen LogP contribution in [0.15, 0.2) is 0 Å². The Balaban J connectivity index is 2.41. The second-order valence-corrected chi connectivity index (χ2v) is 3.91. The molecular formula is C10H18N2O3. The maximum absolute atomic E-state index is 11.6. The van der Waals surface area contributed by atoms with Crippen LogP contribution in [-0.4, -0.2) is 41.5 Å². The third kappa shape index (κ3) is 3.51. The van der Waals surface area contributed by atoms with E-state index in [-0.39, 0.29) is 24.3 Å². The number of carbonyl (C=O) groups excluding carboxylic acids is 2. The zero-order valence-corrected chi connectivity index (χ0v) is 8.82. The first-order valence-corrected chi connectivity index (χ1v) is 5.33. The van der Waals surface area contributed by atoms with Crippen LogP contribution in [0.25, 0.3) is 0 Å². The minimum atomic E-state index is -0.324. The number of piperidine rings is 1. The van der Waals surface area contributed by atoms with Gasteiger partial charge < -0.3 is 15.7 Å². The maximum atomic E-state index is 11.6. The molecule has 5 heteroatoms. The first-order chi connectivity index (χ1) is 7.15. The number of aliphatic hydroxyl groups is 1. The van der Waals surface area contributed by atoms with Gasteiger partial charge in [0.15, 0.2) is 0 Å². The van der Waals surface area contributed by atoms with Crippen molar-refractivity contribution in [2.45, 2.75) is 25.7 Å². The van der Waals surface area contributed by atoms with E-state index >= 15 is 0 Å². The molecule has 1 aliphatic rings. The van der Waals surface area contributed by atoms with E-state index in [1.165, 1.54) is 0 Å². The molecule has 1 aliphatic heterocycles. The summed E-state index contributed by atoms with van der Waals surface area (Å²) >= 11 is 0. The van der Waals surface area contributed by atoms with Crippen LogP contribution in [0.5, 0.6) is 0 Å². The minimum Gasteiger partial charge on any atom is -0.396 e. The monoisotopic (exact) mass is 214 g/mol. The molecule has 1 saturated heterocycles. The molecule has 0 aromatic carbocycles. The van der Waals surface area contributed by atoms with Gasteiger partial charge in [-0.2, -0.15) is 0 Å². The Kier molecular flexibility index (Phi) is 4.55. The maximum Gasteiger partial charge on any atom is 0.222 e. The van der Waals surface area contributed by atoms with E-state index in [9.17, 15) is 9.59 Å². The zero-order valence-electron chi connectivity index (χ0n) is 8.82. The molecule has 0 aromatic heterocycles. The molecule has 15 heavy (non-hydrogen) atoms. The van der Waals surface area contributed by atoms with Crippen LogP contribution in [0.1, 0.15) is 25.7 Å². The smallest absolute Gasteiger partial charge is 0.222 e. The average molecular weight is 214 g/mol. The molecule has 0 aliphatic carbocycles. The topological polar surface area (TPSA) is 83.6 Å². The van der Waals surface area contributed by atoms with Gasteiger partial charge in [-0.1, -0.05) is 0 Å². The lowest BCUT2D eigenvalue weighted by atomic mass is 9.97. The van der Waals surface area contributed by atoms with Crippen LogP contribution < -0.4 is 5.73 Å². The van der Waals surface area contributed by atoms with E-state index in [0.29, 0.717) is 25.9 Å². The molecule has 2 amide bonds. The van der Waals surface area contributed by atoms with Crippen molar-refractivity contribution in [2.24, 2.45) is 11.7 Å². The summed E-state index contributed by atoms with van der Waals surface area (Å²) in [5, 5.41) is 8.61. The Morgan fingerprint density at radius 1 is 1.47 bits per heavy atom. The van der Waals surface area contributed by atoms with Crippen molar-refractivity contribution < 1.29 is 14.7 Å². The first kappa shape index (κ1) is 12.0. The standard InChI is InChI=1S/C10H18N2O3/c11-10(15)8-3-1-5-12(7-8)9(14)4-2-6-13/h8,13H,1-7H2,(H2,11,15). The van der Waals surface area contributed by atoms with Crippen molar-refractivity contribution in [3.8, 4) is 0 Å². The lowest BCUT2D eigenvalue weighted by Crippen LogP contribution is -2.44. The van der Waals surface area contributed by atoms with Crippen molar-refractivity contribution in [3.05, 3.63) is 0 Å². The van der Waals surface area contributed by atoms with E-state index in [0.717, 1.165) is 12.8 Å². The summed E-state index contributed by atoms with van der Waals surface area (Å²) in [7, 11) is 0. The predicted octanol–water partition coefficient (Wildman–Crippen LogP) is -0.517. The number of hydrogen-bond donors (Lipinski definition) is 2. The second kappa shape index (κ2) is 5.70. The van der Waals surface area contributed by atoms with Crippen LogP contribution in [0.4, 0.5) is 0 Å².